The van der Waals surface area contributed by atoms with Gasteiger partial charge >= 0.3 is 12.0 Å². The summed E-state index contributed by atoms with van der Waals surface area (Å²) in [6.07, 6.45) is -1.42. The highest BCUT2D eigenvalue weighted by Crippen LogP contribution is 2.00. The van der Waals surface area contributed by atoms with Gasteiger partial charge in [0.05, 0.1) is 19.0 Å². The molecule has 7 heteroatoms. The Bertz CT molecular complexity index is 311. The van der Waals surface area contributed by atoms with Crippen molar-refractivity contribution in [2.45, 2.75) is 32.4 Å². The minimum Gasteiger partial charge on any atom is -0.479 e. The number of amides is 2. The minimum atomic E-state index is -1.62. The number of carboxylic acids is 1. The normalized spacial score (nSPS) is 11.7. The van der Waals surface area contributed by atoms with Crippen LogP contribution >= 0.6 is 0 Å². The summed E-state index contributed by atoms with van der Waals surface area (Å²) in [6.45, 7) is 3.47. The van der Waals surface area contributed by atoms with Gasteiger partial charge in [0.2, 0.25) is 0 Å². The summed E-state index contributed by atoms with van der Waals surface area (Å²) in [7, 11) is 0. The summed E-state index contributed by atoms with van der Waals surface area (Å²) in [5.74, 6) is -1.39. The Balaban J connectivity index is 4.24. The van der Waals surface area contributed by atoms with Crippen LogP contribution in [0.25, 0.3) is 0 Å². The first-order valence-corrected chi connectivity index (χ1v) is 5.22. The van der Waals surface area contributed by atoms with Crippen molar-refractivity contribution >= 4 is 12.0 Å². The molecule has 0 spiro atoms. The largest absolute Gasteiger partial charge is 0.479 e. The van der Waals surface area contributed by atoms with Crippen LogP contribution in [0.1, 0.15) is 20.3 Å². The zero-order valence-corrected chi connectivity index (χ0v) is 9.88. The number of carboxylic acid groups (broad SMARTS) is 1. The van der Waals surface area contributed by atoms with Crippen molar-refractivity contribution < 1.29 is 19.8 Å². The Labute approximate surface area is 99.6 Å². The molecule has 0 saturated heterocycles. The van der Waals surface area contributed by atoms with E-state index in [4.69, 9.17) is 15.5 Å². The molecule has 96 valence electrons. The van der Waals surface area contributed by atoms with Gasteiger partial charge in [-0.15, -0.1) is 0 Å². The van der Waals surface area contributed by atoms with E-state index in [0.717, 1.165) is 0 Å². The number of hydrogen-bond acceptors (Lipinski definition) is 4. The number of urea groups is 1. The van der Waals surface area contributed by atoms with E-state index in [-0.39, 0.29) is 25.6 Å². The van der Waals surface area contributed by atoms with E-state index < -0.39 is 18.1 Å². The Hall–Kier alpha value is -1.81. The maximum atomic E-state index is 11.6. The molecule has 0 aromatic rings. The Morgan fingerprint density at radius 1 is 1.47 bits per heavy atom. The molecule has 1 unspecified atom stereocenters. The average molecular weight is 243 g/mol. The zero-order valence-electron chi connectivity index (χ0n) is 9.88. The van der Waals surface area contributed by atoms with Gasteiger partial charge in [-0.3, -0.25) is 0 Å². The molecule has 2 amide bonds. The first kappa shape index (κ1) is 15.2. The number of nitrogens with one attached hydrogen (secondary N) is 1. The zero-order chi connectivity index (χ0) is 13.4. The summed E-state index contributed by atoms with van der Waals surface area (Å²) in [4.78, 5) is 23.3. The third kappa shape index (κ3) is 5.73. The van der Waals surface area contributed by atoms with Crippen molar-refractivity contribution in [3.8, 4) is 6.07 Å². The number of carbonyl (C=O) groups is 2. The lowest BCUT2D eigenvalue weighted by Gasteiger charge is -2.26. The molecular weight excluding hydrogens is 226 g/mol. The van der Waals surface area contributed by atoms with Crippen LogP contribution in [0.4, 0.5) is 4.79 Å². The quantitative estimate of drug-likeness (QED) is 0.596. The number of nitriles is 1. The van der Waals surface area contributed by atoms with Gasteiger partial charge in [0, 0.05) is 12.6 Å². The predicted octanol–water partition coefficient (Wildman–Crippen LogP) is -0.234. The molecule has 0 rings (SSSR count). The molecule has 0 heterocycles. The summed E-state index contributed by atoms with van der Waals surface area (Å²) < 4.78 is 0. The maximum absolute atomic E-state index is 11.6. The first-order valence-electron chi connectivity index (χ1n) is 5.22. The van der Waals surface area contributed by atoms with Gasteiger partial charge in [-0.05, 0) is 13.8 Å². The van der Waals surface area contributed by atoms with Gasteiger partial charge in [0.25, 0.3) is 0 Å². The fourth-order valence-electron chi connectivity index (χ4n) is 1.14. The SMILES string of the molecule is CC(C)N(CCC#N)C(=O)NCC(O)C(=O)O. The van der Waals surface area contributed by atoms with Crippen LogP contribution in [-0.4, -0.2) is 52.3 Å². The van der Waals surface area contributed by atoms with Crippen LogP contribution in [-0.2, 0) is 4.79 Å². The molecule has 0 saturated carbocycles. The second-order valence-corrected chi connectivity index (χ2v) is 3.74. The number of nitrogens with zero attached hydrogens (tertiary/aromatic N) is 2. The lowest BCUT2D eigenvalue weighted by atomic mass is 10.3. The molecular formula is C10H17N3O4. The summed E-state index contributed by atoms with van der Waals surface area (Å²) >= 11 is 0. The molecule has 0 aliphatic rings. The van der Waals surface area contributed by atoms with Gasteiger partial charge < -0.3 is 20.4 Å². The predicted molar refractivity (Wildman–Crippen MR) is 59.1 cm³/mol. The number of hydrogen-bond donors (Lipinski definition) is 3. The number of aliphatic hydroxyl groups excluding tert-OH is 1. The van der Waals surface area contributed by atoms with Crippen LogP contribution in [0.3, 0.4) is 0 Å². The highest BCUT2D eigenvalue weighted by atomic mass is 16.4. The van der Waals surface area contributed by atoms with E-state index in [2.05, 4.69) is 5.32 Å². The fraction of sp³-hybridized carbons (Fsp3) is 0.700. The van der Waals surface area contributed by atoms with E-state index in [1.807, 2.05) is 6.07 Å². The second-order valence-electron chi connectivity index (χ2n) is 3.74. The van der Waals surface area contributed by atoms with Crippen molar-refractivity contribution in [3.63, 3.8) is 0 Å². The Morgan fingerprint density at radius 3 is 2.47 bits per heavy atom. The summed E-state index contributed by atoms with van der Waals surface area (Å²) in [5.41, 5.74) is 0. The van der Waals surface area contributed by atoms with Crippen LogP contribution in [0.15, 0.2) is 0 Å². The summed E-state index contributed by atoms with van der Waals surface area (Å²) in [6, 6.07) is 1.33. The van der Waals surface area contributed by atoms with Gasteiger partial charge in [-0.1, -0.05) is 0 Å². The highest BCUT2D eigenvalue weighted by molar-refractivity contribution is 5.77. The van der Waals surface area contributed by atoms with Crippen LogP contribution in [0.2, 0.25) is 0 Å². The topological polar surface area (TPSA) is 114 Å². The number of aliphatic hydroxyl groups is 1. The Kier molecular flexibility index (Phi) is 6.67. The fourth-order valence-corrected chi connectivity index (χ4v) is 1.14. The third-order valence-corrected chi connectivity index (χ3v) is 2.08. The van der Waals surface area contributed by atoms with E-state index in [1.54, 1.807) is 13.8 Å². The molecule has 0 aliphatic carbocycles. The van der Waals surface area contributed by atoms with Gasteiger partial charge in [-0.25, -0.2) is 9.59 Å². The highest BCUT2D eigenvalue weighted by Gasteiger charge is 2.19. The number of rotatable bonds is 6. The van der Waals surface area contributed by atoms with Crippen molar-refractivity contribution in [1.29, 1.82) is 5.26 Å². The molecule has 0 aromatic carbocycles. The van der Waals surface area contributed by atoms with Crippen LogP contribution < -0.4 is 5.32 Å². The number of carbonyl (C=O) groups excluding carboxylic acids is 1. The Morgan fingerprint density at radius 2 is 2.06 bits per heavy atom. The molecule has 0 aliphatic heterocycles. The molecule has 1 atom stereocenters. The molecule has 3 N–H and O–H groups in total. The van der Waals surface area contributed by atoms with Crippen molar-refractivity contribution in [2.75, 3.05) is 13.1 Å². The van der Waals surface area contributed by atoms with Crippen molar-refractivity contribution in [2.24, 2.45) is 0 Å². The van der Waals surface area contributed by atoms with E-state index in [9.17, 15) is 9.59 Å². The first-order chi connectivity index (χ1) is 7.90. The molecule has 7 nitrogen and oxygen atoms in total. The molecule has 0 bridgehead atoms. The van der Waals surface area contributed by atoms with Gasteiger partial charge in [0.15, 0.2) is 6.10 Å². The molecule has 17 heavy (non-hydrogen) atoms. The monoisotopic (exact) mass is 243 g/mol. The smallest absolute Gasteiger partial charge is 0.334 e. The molecule has 0 aromatic heterocycles. The lowest BCUT2D eigenvalue weighted by molar-refractivity contribution is -0.146. The van der Waals surface area contributed by atoms with Gasteiger partial charge in [0.1, 0.15) is 0 Å². The number of aliphatic carboxylic acids is 1. The molecule has 0 radical (unpaired) electrons. The lowest BCUT2D eigenvalue weighted by Crippen LogP contribution is -2.47. The summed E-state index contributed by atoms with van der Waals surface area (Å²) in [5, 5.41) is 28.2. The van der Waals surface area contributed by atoms with Gasteiger partial charge in [-0.2, -0.15) is 5.26 Å². The average Bonchev–Trinajstić information content (AvgIpc) is 2.25. The molecule has 0 fully saturated rings. The van der Waals surface area contributed by atoms with E-state index in [0.29, 0.717) is 0 Å². The van der Waals surface area contributed by atoms with Crippen molar-refractivity contribution in [3.05, 3.63) is 0 Å². The van der Waals surface area contributed by atoms with Crippen molar-refractivity contribution in [1.82, 2.24) is 10.2 Å². The van der Waals surface area contributed by atoms with E-state index >= 15 is 0 Å². The van der Waals surface area contributed by atoms with Crippen LogP contribution in [0, 0.1) is 11.3 Å². The second kappa shape index (κ2) is 7.46. The minimum absolute atomic E-state index is 0.106. The third-order valence-electron chi connectivity index (χ3n) is 2.08. The van der Waals surface area contributed by atoms with E-state index in [1.165, 1.54) is 4.90 Å². The van der Waals surface area contributed by atoms with Crippen LogP contribution in [0.5, 0.6) is 0 Å². The standard InChI is InChI=1S/C10H17N3O4/c1-7(2)13(5-3-4-11)10(17)12-6-8(14)9(15)16/h7-8,14H,3,5-6H2,1-2H3,(H,12,17)(H,15,16). The maximum Gasteiger partial charge on any atom is 0.334 e.